The van der Waals surface area contributed by atoms with E-state index >= 15 is 0 Å². The highest BCUT2D eigenvalue weighted by molar-refractivity contribution is 7.99. The summed E-state index contributed by atoms with van der Waals surface area (Å²) in [6.07, 6.45) is 0. The van der Waals surface area contributed by atoms with E-state index in [1.165, 1.54) is 11.8 Å². The van der Waals surface area contributed by atoms with Crippen molar-refractivity contribution in [2.45, 2.75) is 11.7 Å². The van der Waals surface area contributed by atoms with Crippen LogP contribution in [0.3, 0.4) is 0 Å². The number of hydrogen-bond donors (Lipinski definition) is 0. The van der Waals surface area contributed by atoms with Crippen molar-refractivity contribution in [1.82, 2.24) is 14.6 Å². The fourth-order valence-electron chi connectivity index (χ4n) is 3.73. The van der Waals surface area contributed by atoms with Gasteiger partial charge in [0.05, 0.1) is 22.5 Å². The van der Waals surface area contributed by atoms with E-state index in [0.717, 1.165) is 25.7 Å². The highest BCUT2D eigenvalue weighted by Gasteiger charge is 2.22. The van der Waals surface area contributed by atoms with Gasteiger partial charge >= 0.3 is 0 Å². The number of thioether (sulfide) groups is 1. The molecule has 0 radical (unpaired) electrons. The van der Waals surface area contributed by atoms with Crippen molar-refractivity contribution in [3.05, 3.63) is 64.9 Å². The summed E-state index contributed by atoms with van der Waals surface area (Å²) in [5.74, 6) is 1.60. The molecule has 33 heavy (non-hydrogen) atoms. The fraction of sp³-hybridized carbons (Fsp3) is 0.174. The van der Waals surface area contributed by atoms with Gasteiger partial charge in [0.2, 0.25) is 10.9 Å². The van der Waals surface area contributed by atoms with Crippen LogP contribution in [0.25, 0.3) is 15.2 Å². The van der Waals surface area contributed by atoms with Crippen LogP contribution in [-0.2, 0) is 11.3 Å². The van der Waals surface area contributed by atoms with Gasteiger partial charge in [0.15, 0.2) is 16.7 Å². The number of benzene rings is 2. The van der Waals surface area contributed by atoms with Crippen LogP contribution in [-0.4, -0.2) is 39.5 Å². The first-order valence-corrected chi connectivity index (χ1v) is 13.0. The molecule has 2 aromatic carbocycles. The Hall–Kier alpha value is -3.08. The van der Waals surface area contributed by atoms with Crippen molar-refractivity contribution in [2.24, 2.45) is 0 Å². The summed E-state index contributed by atoms with van der Waals surface area (Å²) in [6.45, 7) is 1.53. The van der Waals surface area contributed by atoms with Crippen molar-refractivity contribution in [2.75, 3.05) is 23.9 Å². The average molecular weight is 495 g/mol. The van der Waals surface area contributed by atoms with E-state index in [1.54, 1.807) is 27.6 Å². The van der Waals surface area contributed by atoms with Crippen molar-refractivity contribution < 1.29 is 14.3 Å². The topological polar surface area (TPSA) is 69.0 Å². The van der Waals surface area contributed by atoms with E-state index in [2.05, 4.69) is 16.3 Å². The number of para-hydroxylation sites is 1. The van der Waals surface area contributed by atoms with Crippen LogP contribution < -0.4 is 14.4 Å². The summed E-state index contributed by atoms with van der Waals surface area (Å²) in [4.78, 5) is 17.2. The number of carbonyl (C=O) groups excluding carboxylic acids is 1. The molecule has 6 rings (SSSR count). The molecule has 5 aromatic rings. The smallest absolute Gasteiger partial charge is 0.237 e. The van der Waals surface area contributed by atoms with Crippen molar-refractivity contribution in [3.8, 4) is 11.5 Å². The molecule has 0 unspecified atom stereocenters. The van der Waals surface area contributed by atoms with Crippen LogP contribution in [0.15, 0.2) is 65.1 Å². The zero-order valence-corrected chi connectivity index (χ0v) is 19.8. The zero-order chi connectivity index (χ0) is 22.2. The molecule has 4 heterocycles. The second kappa shape index (κ2) is 8.69. The molecule has 0 fully saturated rings. The Morgan fingerprint density at radius 2 is 1.94 bits per heavy atom. The van der Waals surface area contributed by atoms with E-state index in [-0.39, 0.29) is 11.7 Å². The van der Waals surface area contributed by atoms with E-state index in [1.807, 2.05) is 58.3 Å². The minimum Gasteiger partial charge on any atom is -0.486 e. The first kappa shape index (κ1) is 20.5. The minimum absolute atomic E-state index is 0.0126. The Morgan fingerprint density at radius 1 is 1.06 bits per heavy atom. The summed E-state index contributed by atoms with van der Waals surface area (Å²) in [7, 11) is 0. The minimum atomic E-state index is -0.0126. The highest BCUT2D eigenvalue weighted by Crippen LogP contribution is 2.35. The standard InChI is InChI=1S/C23H18N4O3S3/c28-21(14-32-22-24-25-23-27(22)17-5-1-2-6-20(17)33-23)26(13-16-4-3-11-31-16)15-7-8-18-19(12-15)30-10-9-29-18/h1-8,11-12H,9-10,13-14H2. The maximum absolute atomic E-state index is 13.5. The lowest BCUT2D eigenvalue weighted by molar-refractivity contribution is -0.116. The highest BCUT2D eigenvalue weighted by atomic mass is 32.2. The second-order valence-electron chi connectivity index (χ2n) is 7.35. The number of anilines is 1. The van der Waals surface area contributed by atoms with Gasteiger partial charge in [-0.1, -0.05) is 41.3 Å². The zero-order valence-electron chi connectivity index (χ0n) is 17.3. The summed E-state index contributed by atoms with van der Waals surface area (Å²) >= 11 is 4.62. The number of thiazole rings is 1. The normalized spacial score (nSPS) is 13.0. The fourth-order valence-corrected chi connectivity index (χ4v) is 6.27. The maximum Gasteiger partial charge on any atom is 0.237 e. The molecule has 7 nitrogen and oxygen atoms in total. The molecular formula is C23H18N4O3S3. The van der Waals surface area contributed by atoms with Crippen LogP contribution in [0.5, 0.6) is 11.5 Å². The van der Waals surface area contributed by atoms with E-state index in [4.69, 9.17) is 9.47 Å². The molecular weight excluding hydrogens is 476 g/mol. The third kappa shape index (κ3) is 3.94. The molecule has 0 saturated heterocycles. The molecule has 10 heteroatoms. The lowest BCUT2D eigenvalue weighted by Crippen LogP contribution is -2.32. The van der Waals surface area contributed by atoms with Crippen LogP contribution in [0.2, 0.25) is 0 Å². The van der Waals surface area contributed by atoms with Gasteiger partial charge in [-0.15, -0.1) is 21.5 Å². The molecule has 0 atom stereocenters. The Labute approximate surface area is 201 Å². The van der Waals surface area contributed by atoms with Gasteiger partial charge in [0.25, 0.3) is 0 Å². The molecule has 1 aliphatic rings. The van der Waals surface area contributed by atoms with Gasteiger partial charge in [-0.25, -0.2) is 0 Å². The van der Waals surface area contributed by atoms with Crippen LogP contribution >= 0.6 is 34.4 Å². The molecule has 1 aliphatic heterocycles. The maximum atomic E-state index is 13.5. The Kier molecular flexibility index (Phi) is 5.41. The number of hydrogen-bond acceptors (Lipinski definition) is 8. The quantitative estimate of drug-likeness (QED) is 0.306. The Morgan fingerprint density at radius 3 is 2.82 bits per heavy atom. The third-order valence-corrected chi connectivity index (χ3v) is 8.06. The van der Waals surface area contributed by atoms with Gasteiger partial charge in [-0.05, 0) is 35.7 Å². The summed E-state index contributed by atoms with van der Waals surface area (Å²) in [5, 5.41) is 11.4. The number of thiophene rings is 1. The Bertz CT molecular complexity index is 1440. The summed E-state index contributed by atoms with van der Waals surface area (Å²) in [6, 6.07) is 17.8. The van der Waals surface area contributed by atoms with Crippen molar-refractivity contribution >= 4 is 61.2 Å². The van der Waals surface area contributed by atoms with Crippen molar-refractivity contribution in [1.29, 1.82) is 0 Å². The van der Waals surface area contributed by atoms with E-state index in [9.17, 15) is 4.79 Å². The first-order valence-electron chi connectivity index (χ1n) is 10.3. The van der Waals surface area contributed by atoms with Gasteiger partial charge in [0, 0.05) is 16.6 Å². The van der Waals surface area contributed by atoms with Gasteiger partial charge in [0.1, 0.15) is 13.2 Å². The Balaban J connectivity index is 1.28. The molecule has 0 bridgehead atoms. The third-order valence-electron chi connectivity index (χ3n) is 5.27. The largest absolute Gasteiger partial charge is 0.486 e. The molecule has 0 spiro atoms. The SMILES string of the molecule is O=C(CSc1nnc2sc3ccccc3n12)N(Cc1cccs1)c1ccc2c(c1)OCCO2. The molecule has 3 aromatic heterocycles. The van der Waals surface area contributed by atoms with Gasteiger partial charge in [-0.2, -0.15) is 0 Å². The molecule has 0 aliphatic carbocycles. The lowest BCUT2D eigenvalue weighted by atomic mass is 10.2. The predicted octanol–water partition coefficient (Wildman–Crippen LogP) is 5.10. The summed E-state index contributed by atoms with van der Waals surface area (Å²) < 4.78 is 14.5. The predicted molar refractivity (Wildman–Crippen MR) is 132 cm³/mol. The molecule has 1 amide bonds. The number of fused-ring (bicyclic) bond motifs is 4. The number of aromatic nitrogens is 3. The number of carbonyl (C=O) groups is 1. The molecule has 0 N–H and O–H groups in total. The number of amides is 1. The van der Waals surface area contributed by atoms with Crippen molar-refractivity contribution in [3.63, 3.8) is 0 Å². The summed E-state index contributed by atoms with van der Waals surface area (Å²) in [5.41, 5.74) is 1.84. The van der Waals surface area contributed by atoms with Gasteiger partial charge < -0.3 is 14.4 Å². The van der Waals surface area contributed by atoms with Gasteiger partial charge in [-0.3, -0.25) is 9.20 Å². The van der Waals surface area contributed by atoms with E-state index < -0.39 is 0 Å². The average Bonchev–Trinajstić information content (AvgIpc) is 3.58. The number of rotatable bonds is 6. The second-order valence-corrected chi connectivity index (χ2v) is 10.3. The lowest BCUT2D eigenvalue weighted by Gasteiger charge is -2.25. The van der Waals surface area contributed by atoms with E-state index in [0.29, 0.717) is 36.4 Å². The van der Waals surface area contributed by atoms with Crippen LogP contribution in [0.4, 0.5) is 5.69 Å². The molecule has 0 saturated carbocycles. The van der Waals surface area contributed by atoms with Crippen LogP contribution in [0, 0.1) is 0 Å². The monoisotopic (exact) mass is 494 g/mol. The first-order chi connectivity index (χ1) is 16.3. The number of nitrogens with zero attached hydrogens (tertiary/aromatic N) is 4. The van der Waals surface area contributed by atoms with Crippen LogP contribution in [0.1, 0.15) is 4.88 Å². The molecule has 166 valence electrons. The number of ether oxygens (including phenoxy) is 2.